The van der Waals surface area contributed by atoms with Crippen molar-refractivity contribution >= 4 is 55.8 Å². The molecule has 0 bridgehead atoms. The van der Waals surface area contributed by atoms with Crippen molar-refractivity contribution in [2.75, 3.05) is 18.4 Å². The molecule has 11 heteroatoms. The first-order valence-electron chi connectivity index (χ1n) is 8.38. The fraction of sp³-hybridized carbons (Fsp3) is 0.438. The largest absolute Gasteiger partial charge is 0.296 e. The average molecular weight is 447 g/mol. The highest BCUT2D eigenvalue weighted by atomic mass is 35.5. The number of amides is 1. The van der Waals surface area contributed by atoms with Gasteiger partial charge in [-0.1, -0.05) is 48.5 Å². The number of hydrogen-bond donors (Lipinski definition) is 1. The lowest BCUT2D eigenvalue weighted by Crippen LogP contribution is -2.28. The highest BCUT2D eigenvalue weighted by molar-refractivity contribution is 8.01. The van der Waals surface area contributed by atoms with E-state index in [1.165, 1.54) is 33.8 Å². The fourth-order valence-electron chi connectivity index (χ4n) is 2.59. The summed E-state index contributed by atoms with van der Waals surface area (Å²) in [6, 6.07) is 4.17. The van der Waals surface area contributed by atoms with Gasteiger partial charge >= 0.3 is 0 Å². The van der Waals surface area contributed by atoms with Gasteiger partial charge in [-0.2, -0.15) is 4.31 Å². The second-order valence-corrected chi connectivity index (χ2v) is 11.4. The van der Waals surface area contributed by atoms with E-state index in [9.17, 15) is 13.2 Å². The van der Waals surface area contributed by atoms with E-state index in [4.69, 9.17) is 11.6 Å². The topological polar surface area (TPSA) is 92.3 Å². The first-order valence-corrected chi connectivity index (χ1v) is 11.9. The van der Waals surface area contributed by atoms with Gasteiger partial charge in [0.2, 0.25) is 15.2 Å². The molecule has 0 aliphatic carbocycles. The minimum Gasteiger partial charge on any atom is -0.296 e. The summed E-state index contributed by atoms with van der Waals surface area (Å²) in [5.74, 6) is -0.518. The van der Waals surface area contributed by atoms with E-state index >= 15 is 0 Å². The summed E-state index contributed by atoms with van der Waals surface area (Å²) in [5, 5.41) is 11.5. The Kier molecular flexibility index (Phi) is 6.42. The van der Waals surface area contributed by atoms with Crippen molar-refractivity contribution in [3.63, 3.8) is 0 Å². The molecule has 1 aliphatic rings. The Morgan fingerprint density at radius 3 is 2.67 bits per heavy atom. The van der Waals surface area contributed by atoms with Crippen LogP contribution in [0.1, 0.15) is 37.0 Å². The van der Waals surface area contributed by atoms with Gasteiger partial charge in [0.1, 0.15) is 0 Å². The van der Waals surface area contributed by atoms with Crippen LogP contribution in [0.25, 0.3) is 0 Å². The van der Waals surface area contributed by atoms with Gasteiger partial charge in [-0.3, -0.25) is 10.1 Å². The van der Waals surface area contributed by atoms with Gasteiger partial charge in [0, 0.05) is 18.3 Å². The summed E-state index contributed by atoms with van der Waals surface area (Å²) in [6.45, 7) is 5.06. The van der Waals surface area contributed by atoms with Crippen LogP contribution in [0.3, 0.4) is 0 Å². The first kappa shape index (κ1) is 20.5. The van der Waals surface area contributed by atoms with Crippen molar-refractivity contribution in [1.82, 2.24) is 14.5 Å². The van der Waals surface area contributed by atoms with Crippen molar-refractivity contribution in [3.8, 4) is 0 Å². The molecule has 0 spiro atoms. The number of benzene rings is 1. The molecule has 2 heterocycles. The second-order valence-electron chi connectivity index (χ2n) is 6.25. The molecule has 0 unspecified atom stereocenters. The smallest absolute Gasteiger partial charge is 0.259 e. The van der Waals surface area contributed by atoms with Crippen LogP contribution >= 0.6 is 34.7 Å². The normalized spacial score (nSPS) is 15.4. The molecule has 2 aromatic rings. The Labute approximate surface area is 171 Å². The second kappa shape index (κ2) is 8.44. The van der Waals surface area contributed by atoms with Gasteiger partial charge in [0.25, 0.3) is 5.91 Å². The Balaban J connectivity index is 1.81. The van der Waals surface area contributed by atoms with E-state index in [0.717, 1.165) is 17.2 Å². The maximum absolute atomic E-state index is 12.7. The van der Waals surface area contributed by atoms with Gasteiger partial charge in [-0.15, -0.1) is 10.2 Å². The summed E-state index contributed by atoms with van der Waals surface area (Å²) in [4.78, 5) is 12.7. The number of thioether (sulfide) groups is 1. The van der Waals surface area contributed by atoms with Gasteiger partial charge in [0.05, 0.1) is 15.5 Å². The number of halogens is 1. The van der Waals surface area contributed by atoms with Crippen LogP contribution in [0.5, 0.6) is 0 Å². The molecular formula is C16H19ClN4O3S3. The lowest BCUT2D eigenvalue weighted by atomic mass is 10.2. The molecule has 1 aliphatic heterocycles. The van der Waals surface area contributed by atoms with Crippen LogP contribution in [0.15, 0.2) is 27.4 Å². The Morgan fingerprint density at radius 1 is 1.30 bits per heavy atom. The first-order chi connectivity index (χ1) is 12.8. The van der Waals surface area contributed by atoms with Crippen molar-refractivity contribution in [3.05, 3.63) is 28.8 Å². The summed E-state index contributed by atoms with van der Waals surface area (Å²) < 4.78 is 27.6. The lowest BCUT2D eigenvalue weighted by molar-refractivity contribution is 0.102. The molecule has 0 atom stereocenters. The number of carbonyl (C=O) groups is 1. The SMILES string of the molecule is CC(C)Sc1nnc(NC(=O)c2cc(S(=O)(=O)N3CCCC3)ccc2Cl)s1. The molecule has 3 rings (SSSR count). The Hall–Kier alpha value is -1.20. The predicted molar refractivity (Wildman–Crippen MR) is 108 cm³/mol. The van der Waals surface area contributed by atoms with Crippen LogP contribution in [-0.4, -0.2) is 47.2 Å². The molecule has 0 saturated carbocycles. The zero-order chi connectivity index (χ0) is 19.6. The van der Waals surface area contributed by atoms with Gasteiger partial charge in [0.15, 0.2) is 4.34 Å². The van der Waals surface area contributed by atoms with E-state index in [2.05, 4.69) is 15.5 Å². The number of sulfonamides is 1. The number of carbonyl (C=O) groups excluding carboxylic acids is 1. The monoisotopic (exact) mass is 446 g/mol. The minimum atomic E-state index is -3.63. The molecule has 1 N–H and O–H groups in total. The quantitative estimate of drug-likeness (QED) is 0.536. The summed E-state index contributed by atoms with van der Waals surface area (Å²) in [6.07, 6.45) is 1.68. The van der Waals surface area contributed by atoms with Crippen molar-refractivity contribution in [2.24, 2.45) is 0 Å². The number of hydrogen-bond acceptors (Lipinski definition) is 7. The molecule has 1 aromatic heterocycles. The van der Waals surface area contributed by atoms with E-state index in [0.29, 0.717) is 23.5 Å². The maximum atomic E-state index is 12.7. The van der Waals surface area contributed by atoms with Gasteiger partial charge in [-0.25, -0.2) is 8.42 Å². The molecule has 146 valence electrons. The number of nitrogens with one attached hydrogen (secondary N) is 1. The third-order valence-electron chi connectivity index (χ3n) is 3.85. The number of rotatable bonds is 6. The summed E-state index contributed by atoms with van der Waals surface area (Å²) >= 11 is 8.94. The van der Waals surface area contributed by atoms with Crippen LogP contribution < -0.4 is 5.32 Å². The molecular weight excluding hydrogens is 428 g/mol. The highest BCUT2D eigenvalue weighted by Crippen LogP contribution is 2.30. The summed E-state index contributed by atoms with van der Waals surface area (Å²) in [7, 11) is -3.63. The number of aromatic nitrogens is 2. The number of anilines is 1. The molecule has 1 fully saturated rings. The van der Waals surface area contributed by atoms with Crippen molar-refractivity contribution in [2.45, 2.75) is 41.2 Å². The minimum absolute atomic E-state index is 0.0623. The van der Waals surface area contributed by atoms with E-state index < -0.39 is 15.9 Å². The van der Waals surface area contributed by atoms with E-state index in [-0.39, 0.29) is 15.5 Å². The van der Waals surface area contributed by atoms with Crippen molar-refractivity contribution < 1.29 is 13.2 Å². The van der Waals surface area contributed by atoms with Crippen LogP contribution in [0.4, 0.5) is 5.13 Å². The van der Waals surface area contributed by atoms with Crippen LogP contribution in [0, 0.1) is 0 Å². The standard InChI is InChI=1S/C16H19ClN4O3S3/c1-10(2)25-16-20-19-15(26-16)18-14(22)12-9-11(5-6-13(12)17)27(23,24)21-7-3-4-8-21/h5-6,9-10H,3-4,7-8H2,1-2H3,(H,18,19,22). The van der Waals surface area contributed by atoms with E-state index in [1.807, 2.05) is 13.8 Å². The fourth-order valence-corrected chi connectivity index (χ4v) is 6.31. The number of nitrogens with zero attached hydrogens (tertiary/aromatic N) is 3. The predicted octanol–water partition coefficient (Wildman–Crippen LogP) is 3.73. The third kappa shape index (κ3) is 4.80. The van der Waals surface area contributed by atoms with Crippen LogP contribution in [-0.2, 0) is 10.0 Å². The zero-order valence-corrected chi connectivity index (χ0v) is 18.0. The molecule has 27 heavy (non-hydrogen) atoms. The zero-order valence-electron chi connectivity index (χ0n) is 14.8. The van der Waals surface area contributed by atoms with E-state index in [1.54, 1.807) is 11.8 Å². The van der Waals surface area contributed by atoms with Crippen molar-refractivity contribution in [1.29, 1.82) is 0 Å². The molecule has 7 nitrogen and oxygen atoms in total. The molecule has 0 radical (unpaired) electrons. The molecule has 1 aromatic carbocycles. The summed E-state index contributed by atoms with van der Waals surface area (Å²) in [5.41, 5.74) is 0.0881. The third-order valence-corrected chi connectivity index (χ3v) is 8.00. The van der Waals surface area contributed by atoms with Gasteiger partial charge in [-0.05, 0) is 31.0 Å². The maximum Gasteiger partial charge on any atom is 0.259 e. The Morgan fingerprint density at radius 2 is 2.00 bits per heavy atom. The van der Waals surface area contributed by atoms with Crippen LogP contribution in [0.2, 0.25) is 5.02 Å². The average Bonchev–Trinajstić information content (AvgIpc) is 3.27. The molecule has 1 saturated heterocycles. The molecule has 1 amide bonds. The lowest BCUT2D eigenvalue weighted by Gasteiger charge is -2.16. The Bertz CT molecular complexity index is 940. The highest BCUT2D eigenvalue weighted by Gasteiger charge is 2.28. The van der Waals surface area contributed by atoms with Gasteiger partial charge < -0.3 is 0 Å².